The number of benzene rings is 2. The van der Waals surface area contributed by atoms with Crippen LogP contribution in [0.4, 0.5) is 5.69 Å². The third-order valence-electron chi connectivity index (χ3n) is 4.94. The second-order valence-corrected chi connectivity index (χ2v) is 9.72. The first-order chi connectivity index (χ1) is 15.3. The molecule has 0 fully saturated rings. The van der Waals surface area contributed by atoms with Crippen molar-refractivity contribution in [3.63, 3.8) is 0 Å². The number of carbonyl (C=O) groups excluding carboxylic acids is 2. The summed E-state index contributed by atoms with van der Waals surface area (Å²) < 4.78 is 27.2. The van der Waals surface area contributed by atoms with Crippen LogP contribution in [-0.4, -0.2) is 47.9 Å². The molecular weight excluding hydrogens is 456 g/mol. The molecule has 0 unspecified atom stereocenters. The Kier molecular flexibility index (Phi) is 4.71. The van der Waals surface area contributed by atoms with Crippen LogP contribution in [-0.2, 0) is 10.0 Å². The van der Waals surface area contributed by atoms with Gasteiger partial charge in [-0.3, -0.25) is 25.2 Å². The van der Waals surface area contributed by atoms with E-state index < -0.39 is 27.4 Å². The summed E-state index contributed by atoms with van der Waals surface area (Å²) in [6.45, 7) is 0.295. The molecule has 3 heterocycles. The lowest BCUT2D eigenvalue weighted by Crippen LogP contribution is -2.42. The highest BCUT2D eigenvalue weighted by Gasteiger charge is 2.33. The summed E-state index contributed by atoms with van der Waals surface area (Å²) >= 11 is 1.16. The predicted octanol–water partition coefficient (Wildman–Crippen LogP) is 0.609. The van der Waals surface area contributed by atoms with Gasteiger partial charge in [-0.25, -0.2) is 13.5 Å². The average molecular weight is 470 g/mol. The summed E-state index contributed by atoms with van der Waals surface area (Å²) in [5.74, 6) is -1.34. The Balaban J connectivity index is 1.33. The van der Waals surface area contributed by atoms with Gasteiger partial charge in [-0.1, -0.05) is 18.2 Å². The molecule has 0 bridgehead atoms. The van der Waals surface area contributed by atoms with Crippen LogP contribution in [0.3, 0.4) is 0 Å². The molecule has 2 amide bonds. The molecule has 0 aliphatic carbocycles. The summed E-state index contributed by atoms with van der Waals surface area (Å²) in [4.78, 5) is 39.4. The molecule has 0 saturated carbocycles. The van der Waals surface area contributed by atoms with E-state index in [0.717, 1.165) is 17.4 Å². The monoisotopic (exact) mass is 470 g/mol. The lowest BCUT2D eigenvalue weighted by atomic mass is 10.1. The van der Waals surface area contributed by atoms with Crippen molar-refractivity contribution in [1.82, 2.24) is 21.0 Å². The summed E-state index contributed by atoms with van der Waals surface area (Å²) in [6.07, 6.45) is 0. The van der Waals surface area contributed by atoms with Gasteiger partial charge in [-0.05, 0) is 36.0 Å². The molecule has 13 heteroatoms. The van der Waals surface area contributed by atoms with E-state index in [0.29, 0.717) is 27.4 Å². The summed E-state index contributed by atoms with van der Waals surface area (Å²) in [6, 6.07) is 11.4. The number of hydrogen-bond acceptors (Lipinski definition) is 8. The maximum atomic E-state index is 12.6. The minimum Gasteiger partial charge on any atom is -0.318 e. The quantitative estimate of drug-likeness (QED) is 0.461. The smallest absolute Gasteiger partial charge is 0.290 e. The second kappa shape index (κ2) is 7.46. The first kappa shape index (κ1) is 20.2. The number of nitrogens with zero attached hydrogens (tertiary/aromatic N) is 3. The average Bonchev–Trinajstić information content (AvgIpc) is 3.13. The molecule has 3 N–H and O–H groups in total. The SMILES string of the molecule is O=C(NNC(=O)c1n[nH]c(=O)c2ccccc12)c1ccc2c(c1)SC1=NS(=O)(=O)CCN12. The molecular formula is C19H14N6O5S2. The fourth-order valence-electron chi connectivity index (χ4n) is 3.40. The number of amides is 2. The standard InChI is InChI=1S/C19H14N6O5S2/c26-16(21-23-18(28)15-11-3-1-2-4-12(11)17(27)22-20-15)10-5-6-13-14(9-10)31-19-24-32(29,30)8-7-25(13)19/h1-6,9H,7-8H2,(H,21,26)(H,22,27)(H,23,28). The molecule has 0 atom stereocenters. The van der Waals surface area contributed by atoms with Crippen molar-refractivity contribution in [1.29, 1.82) is 0 Å². The van der Waals surface area contributed by atoms with E-state index in [2.05, 4.69) is 25.4 Å². The minimum atomic E-state index is -3.47. The second-order valence-electron chi connectivity index (χ2n) is 6.95. The number of amidine groups is 1. The van der Waals surface area contributed by atoms with Gasteiger partial charge >= 0.3 is 0 Å². The van der Waals surface area contributed by atoms with E-state index in [1.165, 1.54) is 0 Å². The molecule has 0 spiro atoms. The number of hydrogen-bond donors (Lipinski definition) is 3. The van der Waals surface area contributed by atoms with E-state index in [-0.39, 0.29) is 17.0 Å². The van der Waals surface area contributed by atoms with E-state index in [4.69, 9.17) is 0 Å². The van der Waals surface area contributed by atoms with Crippen molar-refractivity contribution in [3.05, 3.63) is 64.1 Å². The van der Waals surface area contributed by atoms with Crippen molar-refractivity contribution in [2.24, 2.45) is 4.40 Å². The number of aromatic amines is 1. The first-order valence-electron chi connectivity index (χ1n) is 9.32. The Hall–Kier alpha value is -3.71. The summed E-state index contributed by atoms with van der Waals surface area (Å²) in [5, 5.41) is 7.05. The first-order valence-corrected chi connectivity index (χ1v) is 11.8. The maximum Gasteiger partial charge on any atom is 0.290 e. The Labute approximate surface area is 184 Å². The molecule has 2 aliphatic heterocycles. The minimum absolute atomic E-state index is 0.0406. The molecule has 0 radical (unpaired) electrons. The topological polar surface area (TPSA) is 154 Å². The van der Waals surface area contributed by atoms with Crippen LogP contribution in [0.15, 0.2) is 56.6 Å². The van der Waals surface area contributed by atoms with E-state index in [1.54, 1.807) is 47.4 Å². The summed E-state index contributed by atoms with van der Waals surface area (Å²) in [5.41, 5.74) is 5.19. The van der Waals surface area contributed by atoms with Crippen molar-refractivity contribution in [2.45, 2.75) is 4.90 Å². The normalized spacial score (nSPS) is 16.1. The van der Waals surface area contributed by atoms with Crippen LogP contribution in [0, 0.1) is 0 Å². The molecule has 32 heavy (non-hydrogen) atoms. The molecule has 3 aromatic rings. The van der Waals surface area contributed by atoms with Gasteiger partial charge in [0.2, 0.25) is 0 Å². The van der Waals surface area contributed by atoms with Crippen LogP contribution in [0.5, 0.6) is 0 Å². The highest BCUT2D eigenvalue weighted by atomic mass is 32.2. The largest absolute Gasteiger partial charge is 0.318 e. The number of nitrogens with one attached hydrogen (secondary N) is 3. The lowest BCUT2D eigenvalue weighted by molar-refractivity contribution is 0.0844. The molecule has 2 aromatic carbocycles. The fourth-order valence-corrected chi connectivity index (χ4v) is 5.70. The predicted molar refractivity (Wildman–Crippen MR) is 118 cm³/mol. The van der Waals surface area contributed by atoms with Gasteiger partial charge in [0.05, 0.1) is 16.8 Å². The van der Waals surface area contributed by atoms with Crippen molar-refractivity contribution in [3.8, 4) is 0 Å². The maximum absolute atomic E-state index is 12.6. The Bertz CT molecular complexity index is 1500. The number of carbonyl (C=O) groups is 2. The molecule has 162 valence electrons. The van der Waals surface area contributed by atoms with E-state index in [9.17, 15) is 22.8 Å². The van der Waals surface area contributed by atoms with Gasteiger partial charge in [0.1, 0.15) is 0 Å². The number of H-pyrrole nitrogens is 1. The number of anilines is 1. The molecule has 11 nitrogen and oxygen atoms in total. The zero-order valence-corrected chi connectivity index (χ0v) is 17.8. The Morgan fingerprint density at radius 1 is 1.06 bits per heavy atom. The number of sulfonamides is 1. The van der Waals surface area contributed by atoms with Crippen LogP contribution >= 0.6 is 11.8 Å². The number of thioether (sulfide) groups is 1. The number of fused-ring (bicyclic) bond motifs is 4. The molecule has 1 aromatic heterocycles. The molecule has 2 aliphatic rings. The van der Waals surface area contributed by atoms with Gasteiger partial charge in [-0.15, -0.1) is 4.40 Å². The highest BCUT2D eigenvalue weighted by molar-refractivity contribution is 8.15. The van der Waals surface area contributed by atoms with Crippen LogP contribution in [0.1, 0.15) is 20.8 Å². The highest BCUT2D eigenvalue weighted by Crippen LogP contribution is 2.42. The van der Waals surface area contributed by atoms with Gasteiger partial charge in [0.25, 0.3) is 27.4 Å². The zero-order chi connectivity index (χ0) is 22.5. The van der Waals surface area contributed by atoms with Crippen molar-refractivity contribution in [2.75, 3.05) is 17.2 Å². The van der Waals surface area contributed by atoms with Gasteiger partial charge in [0, 0.05) is 22.4 Å². The van der Waals surface area contributed by atoms with Gasteiger partial charge < -0.3 is 4.90 Å². The van der Waals surface area contributed by atoms with Crippen LogP contribution < -0.4 is 21.3 Å². The third kappa shape index (κ3) is 3.50. The van der Waals surface area contributed by atoms with E-state index in [1.807, 2.05) is 0 Å². The van der Waals surface area contributed by atoms with E-state index >= 15 is 0 Å². The lowest BCUT2D eigenvalue weighted by Gasteiger charge is -2.22. The van der Waals surface area contributed by atoms with Gasteiger partial charge in [-0.2, -0.15) is 5.10 Å². The van der Waals surface area contributed by atoms with Crippen LogP contribution in [0.2, 0.25) is 0 Å². The van der Waals surface area contributed by atoms with Crippen LogP contribution in [0.25, 0.3) is 10.8 Å². The number of rotatable bonds is 2. The van der Waals surface area contributed by atoms with Crippen molar-refractivity contribution < 1.29 is 18.0 Å². The molecule has 0 saturated heterocycles. The van der Waals surface area contributed by atoms with Gasteiger partial charge in [0.15, 0.2) is 10.9 Å². The number of hydrazine groups is 1. The van der Waals surface area contributed by atoms with Crippen molar-refractivity contribution >= 4 is 55.2 Å². The number of aromatic nitrogens is 2. The summed E-state index contributed by atoms with van der Waals surface area (Å²) in [7, 11) is -3.47. The third-order valence-corrected chi connectivity index (χ3v) is 7.24. The molecule has 5 rings (SSSR count). The Morgan fingerprint density at radius 2 is 1.81 bits per heavy atom. The fraction of sp³-hybridized carbons (Fsp3) is 0.105. The Morgan fingerprint density at radius 3 is 2.62 bits per heavy atom. The zero-order valence-electron chi connectivity index (χ0n) is 16.2.